The Morgan fingerprint density at radius 2 is 1.14 bits per heavy atom. The molecule has 0 amide bonds. The lowest BCUT2D eigenvalue weighted by molar-refractivity contribution is 0.583. The molecule has 0 radical (unpaired) electrons. The Morgan fingerprint density at radius 3 is 1.79 bits per heavy atom. The van der Waals surface area contributed by atoms with Gasteiger partial charge in [-0.05, 0) is 64.7 Å². The maximum absolute atomic E-state index is 3.80. The summed E-state index contributed by atoms with van der Waals surface area (Å²) in [5.41, 5.74) is 3.83. The molecule has 0 spiro atoms. The standard InChI is InChI=1S/C27H29N/c1-26(2,3)22-13-15-23(16-14-22)27(4,5)28-25-12-8-11-21-17-19-9-6-7-10-20(19)18-24(21)25/h6-18,28H,1-5H3. The maximum atomic E-state index is 3.80. The molecule has 0 saturated heterocycles. The molecule has 0 atom stereocenters. The van der Waals surface area contributed by atoms with Gasteiger partial charge in [0.1, 0.15) is 0 Å². The molecule has 4 rings (SSSR count). The maximum Gasteiger partial charge on any atom is 0.0569 e. The van der Waals surface area contributed by atoms with E-state index in [0.29, 0.717) is 0 Å². The van der Waals surface area contributed by atoms with Gasteiger partial charge < -0.3 is 5.32 Å². The lowest BCUT2D eigenvalue weighted by Crippen LogP contribution is -2.28. The summed E-state index contributed by atoms with van der Waals surface area (Å²) in [5, 5.41) is 8.89. The van der Waals surface area contributed by atoms with Gasteiger partial charge in [0.15, 0.2) is 0 Å². The van der Waals surface area contributed by atoms with Gasteiger partial charge in [0, 0.05) is 11.1 Å². The molecule has 1 heteroatoms. The van der Waals surface area contributed by atoms with E-state index in [9.17, 15) is 0 Å². The fourth-order valence-electron chi connectivity index (χ4n) is 3.87. The van der Waals surface area contributed by atoms with E-state index < -0.39 is 0 Å². The third-order valence-corrected chi connectivity index (χ3v) is 5.67. The topological polar surface area (TPSA) is 12.0 Å². The normalized spacial score (nSPS) is 12.5. The molecule has 0 saturated carbocycles. The Balaban J connectivity index is 1.73. The average molecular weight is 368 g/mol. The van der Waals surface area contributed by atoms with E-state index in [1.165, 1.54) is 38.4 Å². The Morgan fingerprint density at radius 1 is 0.571 bits per heavy atom. The summed E-state index contributed by atoms with van der Waals surface area (Å²) in [6.07, 6.45) is 0. The van der Waals surface area contributed by atoms with Gasteiger partial charge in [-0.2, -0.15) is 0 Å². The van der Waals surface area contributed by atoms with E-state index in [4.69, 9.17) is 0 Å². The Bertz CT molecular complexity index is 1130. The van der Waals surface area contributed by atoms with E-state index in [-0.39, 0.29) is 11.0 Å². The van der Waals surface area contributed by atoms with Crippen LogP contribution in [0.25, 0.3) is 21.5 Å². The van der Waals surface area contributed by atoms with E-state index in [1.807, 2.05) is 0 Å². The van der Waals surface area contributed by atoms with Crippen molar-refractivity contribution in [1.29, 1.82) is 0 Å². The van der Waals surface area contributed by atoms with Crippen molar-refractivity contribution in [2.75, 3.05) is 5.32 Å². The van der Waals surface area contributed by atoms with Crippen molar-refractivity contribution in [2.45, 2.75) is 45.6 Å². The van der Waals surface area contributed by atoms with Gasteiger partial charge in [-0.3, -0.25) is 0 Å². The minimum atomic E-state index is -0.170. The second kappa shape index (κ2) is 6.67. The molecule has 0 aliphatic rings. The van der Waals surface area contributed by atoms with Crippen molar-refractivity contribution >= 4 is 27.2 Å². The van der Waals surface area contributed by atoms with Gasteiger partial charge in [0.25, 0.3) is 0 Å². The quantitative estimate of drug-likeness (QED) is 0.367. The molecule has 0 unspecified atom stereocenters. The Hall–Kier alpha value is -2.80. The molecule has 0 aliphatic carbocycles. The minimum absolute atomic E-state index is 0.170. The summed E-state index contributed by atoms with van der Waals surface area (Å²) in [6, 6.07) is 28.7. The van der Waals surface area contributed by atoms with E-state index >= 15 is 0 Å². The molecule has 4 aromatic rings. The number of rotatable bonds is 3. The fraction of sp³-hybridized carbons (Fsp3) is 0.259. The number of hydrogen-bond acceptors (Lipinski definition) is 1. The van der Waals surface area contributed by atoms with Crippen LogP contribution in [0.1, 0.15) is 45.7 Å². The van der Waals surface area contributed by atoms with Crippen molar-refractivity contribution in [3.8, 4) is 0 Å². The summed E-state index contributed by atoms with van der Waals surface area (Å²) in [4.78, 5) is 0. The Labute approximate surface area is 168 Å². The van der Waals surface area contributed by atoms with Crippen LogP contribution in [-0.4, -0.2) is 0 Å². The van der Waals surface area contributed by atoms with Crippen LogP contribution >= 0.6 is 0 Å². The molecule has 0 fully saturated rings. The summed E-state index contributed by atoms with van der Waals surface area (Å²) < 4.78 is 0. The second-order valence-electron chi connectivity index (χ2n) is 9.30. The molecule has 0 aromatic heterocycles. The number of benzene rings is 4. The highest BCUT2D eigenvalue weighted by molar-refractivity contribution is 6.03. The van der Waals surface area contributed by atoms with Crippen molar-refractivity contribution in [1.82, 2.24) is 0 Å². The van der Waals surface area contributed by atoms with Crippen LogP contribution in [0.15, 0.2) is 78.9 Å². The molecular formula is C27H29N. The predicted molar refractivity (Wildman–Crippen MR) is 123 cm³/mol. The van der Waals surface area contributed by atoms with Crippen LogP contribution in [0, 0.1) is 0 Å². The summed E-state index contributed by atoms with van der Waals surface area (Å²) in [5.74, 6) is 0. The van der Waals surface area contributed by atoms with E-state index in [1.54, 1.807) is 0 Å². The van der Waals surface area contributed by atoms with Crippen LogP contribution < -0.4 is 5.32 Å². The zero-order chi connectivity index (χ0) is 19.9. The van der Waals surface area contributed by atoms with Gasteiger partial charge in [-0.15, -0.1) is 0 Å². The first-order valence-corrected chi connectivity index (χ1v) is 10.0. The van der Waals surface area contributed by atoms with Crippen molar-refractivity contribution in [3.63, 3.8) is 0 Å². The Kier molecular flexibility index (Phi) is 4.42. The molecular weight excluding hydrogens is 338 g/mol. The van der Waals surface area contributed by atoms with Crippen LogP contribution in [-0.2, 0) is 11.0 Å². The first-order valence-electron chi connectivity index (χ1n) is 10.0. The number of hydrogen-bond donors (Lipinski definition) is 1. The van der Waals surface area contributed by atoms with Crippen LogP contribution in [0.4, 0.5) is 5.69 Å². The number of nitrogens with one attached hydrogen (secondary N) is 1. The van der Waals surface area contributed by atoms with Crippen LogP contribution in [0.5, 0.6) is 0 Å². The first-order chi connectivity index (χ1) is 13.2. The van der Waals surface area contributed by atoms with Crippen molar-refractivity contribution in [3.05, 3.63) is 90.0 Å². The summed E-state index contributed by atoms with van der Waals surface area (Å²) in [7, 11) is 0. The van der Waals surface area contributed by atoms with Gasteiger partial charge in [0.2, 0.25) is 0 Å². The zero-order valence-electron chi connectivity index (χ0n) is 17.5. The lowest BCUT2D eigenvalue weighted by Gasteiger charge is -2.30. The third kappa shape index (κ3) is 3.49. The van der Waals surface area contributed by atoms with Crippen molar-refractivity contribution in [2.24, 2.45) is 0 Å². The fourth-order valence-corrected chi connectivity index (χ4v) is 3.87. The average Bonchev–Trinajstić information content (AvgIpc) is 2.66. The minimum Gasteiger partial charge on any atom is -0.376 e. The SMILES string of the molecule is CC(C)(C)c1ccc(C(C)(C)Nc2cccc3cc4ccccc4cc23)cc1. The number of fused-ring (bicyclic) bond motifs is 2. The molecule has 1 nitrogen and oxygen atoms in total. The third-order valence-electron chi connectivity index (χ3n) is 5.67. The molecule has 0 heterocycles. The number of anilines is 1. The molecule has 1 N–H and O–H groups in total. The van der Waals surface area contributed by atoms with Gasteiger partial charge >= 0.3 is 0 Å². The highest BCUT2D eigenvalue weighted by Crippen LogP contribution is 2.33. The second-order valence-corrected chi connectivity index (χ2v) is 9.30. The highest BCUT2D eigenvalue weighted by atomic mass is 15.0. The molecule has 4 aromatic carbocycles. The molecule has 0 aliphatic heterocycles. The van der Waals surface area contributed by atoms with Crippen LogP contribution in [0.3, 0.4) is 0 Å². The van der Waals surface area contributed by atoms with Gasteiger partial charge in [-0.25, -0.2) is 0 Å². The first kappa shape index (κ1) is 18.6. The van der Waals surface area contributed by atoms with Crippen molar-refractivity contribution < 1.29 is 0 Å². The monoisotopic (exact) mass is 367 g/mol. The van der Waals surface area contributed by atoms with Gasteiger partial charge in [0.05, 0.1) is 5.54 Å². The van der Waals surface area contributed by atoms with E-state index in [0.717, 1.165) is 0 Å². The van der Waals surface area contributed by atoms with Crippen LogP contribution in [0.2, 0.25) is 0 Å². The molecule has 28 heavy (non-hydrogen) atoms. The predicted octanol–water partition coefficient (Wildman–Crippen LogP) is 7.64. The zero-order valence-corrected chi connectivity index (χ0v) is 17.5. The summed E-state index contributed by atoms with van der Waals surface area (Å²) >= 11 is 0. The smallest absolute Gasteiger partial charge is 0.0569 e. The van der Waals surface area contributed by atoms with E-state index in [2.05, 4.69) is 119 Å². The molecule has 0 bridgehead atoms. The highest BCUT2D eigenvalue weighted by Gasteiger charge is 2.22. The molecule has 142 valence electrons. The summed E-state index contributed by atoms with van der Waals surface area (Å²) in [6.45, 7) is 11.3. The van der Waals surface area contributed by atoms with Gasteiger partial charge in [-0.1, -0.05) is 81.4 Å². The largest absolute Gasteiger partial charge is 0.376 e. The lowest BCUT2D eigenvalue weighted by atomic mass is 9.84.